The van der Waals surface area contributed by atoms with E-state index in [4.69, 9.17) is 0 Å². The van der Waals surface area contributed by atoms with Gasteiger partial charge in [0.2, 0.25) is 0 Å². The van der Waals surface area contributed by atoms with Crippen molar-refractivity contribution in [2.24, 2.45) is 0 Å². The molecular weight excluding hydrogens is 276 g/mol. The average Bonchev–Trinajstić information content (AvgIpc) is 3.04. The Morgan fingerprint density at radius 3 is 1.67 bits per heavy atom. The monoisotopic (exact) mass is 284 g/mol. The van der Waals surface area contributed by atoms with E-state index in [1.807, 2.05) is 0 Å². The minimum absolute atomic E-state index is 0.229. The smallest absolute Gasteiger partial charge is 0.357 e. The lowest BCUT2D eigenvalue weighted by atomic mass is 10.5. The highest BCUT2D eigenvalue weighted by Gasteiger charge is 2.16. The van der Waals surface area contributed by atoms with E-state index in [0.29, 0.717) is 10.0 Å². The number of methoxy groups -OCH3 is 2. The number of carbonyl (C=O) groups is 2. The first kappa shape index (κ1) is 12.7. The van der Waals surface area contributed by atoms with E-state index >= 15 is 0 Å². The van der Waals surface area contributed by atoms with Crippen LogP contribution in [0.1, 0.15) is 21.0 Å². The second-order valence-electron chi connectivity index (χ2n) is 3.06. The van der Waals surface area contributed by atoms with Crippen LogP contribution in [0.3, 0.4) is 0 Å². The summed E-state index contributed by atoms with van der Waals surface area (Å²) < 4.78 is 9.12. The second-order valence-corrected chi connectivity index (χ2v) is 4.78. The van der Waals surface area contributed by atoms with Crippen LogP contribution in [0.25, 0.3) is 10.0 Å². The number of rotatable bonds is 3. The first-order valence-electron chi connectivity index (χ1n) is 4.73. The molecule has 2 rings (SSSR count). The van der Waals surface area contributed by atoms with Crippen molar-refractivity contribution in [3.8, 4) is 10.0 Å². The van der Waals surface area contributed by atoms with Crippen molar-refractivity contribution in [1.82, 2.24) is 9.97 Å². The summed E-state index contributed by atoms with van der Waals surface area (Å²) in [6.07, 6.45) is 0. The molecule has 0 saturated heterocycles. The van der Waals surface area contributed by atoms with Crippen molar-refractivity contribution in [3.63, 3.8) is 0 Å². The third kappa shape index (κ3) is 2.39. The van der Waals surface area contributed by atoms with Gasteiger partial charge in [-0.3, -0.25) is 0 Å². The molecule has 0 spiro atoms. The molecule has 2 aromatic heterocycles. The van der Waals surface area contributed by atoms with Gasteiger partial charge in [0.05, 0.1) is 14.2 Å². The van der Waals surface area contributed by atoms with E-state index in [1.165, 1.54) is 36.9 Å². The third-order valence-corrected chi connectivity index (χ3v) is 3.81. The summed E-state index contributed by atoms with van der Waals surface area (Å²) in [6.45, 7) is 0. The average molecular weight is 284 g/mol. The van der Waals surface area contributed by atoms with Gasteiger partial charge in [0.15, 0.2) is 21.4 Å². The lowest BCUT2D eigenvalue weighted by molar-refractivity contribution is 0.0586. The molecule has 2 heterocycles. The largest absolute Gasteiger partial charge is 0.464 e. The van der Waals surface area contributed by atoms with Crippen molar-refractivity contribution in [1.29, 1.82) is 0 Å². The van der Waals surface area contributed by atoms with Crippen molar-refractivity contribution in [3.05, 3.63) is 22.1 Å². The number of hydrogen-bond donors (Lipinski definition) is 0. The van der Waals surface area contributed by atoms with Crippen molar-refractivity contribution in [2.75, 3.05) is 14.2 Å². The Bertz CT molecular complexity index is 538. The Kier molecular flexibility index (Phi) is 3.68. The van der Waals surface area contributed by atoms with Crippen LogP contribution in [0.4, 0.5) is 0 Å². The molecule has 0 amide bonds. The fourth-order valence-corrected chi connectivity index (χ4v) is 2.77. The quantitative estimate of drug-likeness (QED) is 0.800. The van der Waals surface area contributed by atoms with E-state index < -0.39 is 11.9 Å². The number of aromatic nitrogens is 2. The van der Waals surface area contributed by atoms with Crippen LogP contribution in [0.15, 0.2) is 10.8 Å². The number of thiazole rings is 2. The minimum Gasteiger partial charge on any atom is -0.464 e. The molecule has 2 aromatic rings. The standard InChI is InChI=1S/C10H8N2O4S2/c1-15-9(13)5-3-17-7(11-5)8-12-6(4-18-8)10(14)16-2/h3-4H,1-2H3. The van der Waals surface area contributed by atoms with Gasteiger partial charge >= 0.3 is 11.9 Å². The zero-order valence-corrected chi connectivity index (χ0v) is 11.1. The van der Waals surface area contributed by atoms with Gasteiger partial charge in [0.25, 0.3) is 0 Å². The molecule has 6 nitrogen and oxygen atoms in total. The zero-order valence-electron chi connectivity index (χ0n) is 9.50. The van der Waals surface area contributed by atoms with E-state index in [9.17, 15) is 9.59 Å². The maximum atomic E-state index is 11.2. The topological polar surface area (TPSA) is 78.4 Å². The van der Waals surface area contributed by atoms with Crippen LogP contribution < -0.4 is 0 Å². The molecule has 94 valence electrons. The molecule has 0 fully saturated rings. The van der Waals surface area contributed by atoms with Gasteiger partial charge in [0, 0.05) is 10.8 Å². The summed E-state index contributed by atoms with van der Waals surface area (Å²) in [7, 11) is 2.58. The summed E-state index contributed by atoms with van der Waals surface area (Å²) in [5.41, 5.74) is 0.458. The van der Waals surface area contributed by atoms with Gasteiger partial charge < -0.3 is 9.47 Å². The van der Waals surface area contributed by atoms with Crippen LogP contribution >= 0.6 is 22.7 Å². The van der Waals surface area contributed by atoms with Crippen molar-refractivity contribution >= 4 is 34.6 Å². The summed E-state index contributed by atoms with van der Waals surface area (Å²) >= 11 is 2.53. The highest BCUT2D eigenvalue weighted by atomic mass is 32.1. The predicted molar refractivity (Wildman–Crippen MR) is 65.9 cm³/mol. The first-order valence-corrected chi connectivity index (χ1v) is 6.49. The third-order valence-electron chi connectivity index (χ3n) is 1.98. The molecule has 0 bridgehead atoms. The Labute approximate surface area is 110 Å². The predicted octanol–water partition coefficient (Wildman–Crippen LogP) is 1.84. The molecule has 0 aliphatic rings. The van der Waals surface area contributed by atoms with E-state index in [2.05, 4.69) is 19.4 Å². The molecule has 0 atom stereocenters. The maximum Gasteiger partial charge on any atom is 0.357 e. The molecule has 0 aromatic carbocycles. The molecule has 0 aliphatic carbocycles. The summed E-state index contributed by atoms with van der Waals surface area (Å²) in [4.78, 5) is 30.7. The van der Waals surface area contributed by atoms with Gasteiger partial charge in [-0.25, -0.2) is 19.6 Å². The highest BCUT2D eigenvalue weighted by Crippen LogP contribution is 2.27. The summed E-state index contributed by atoms with van der Waals surface area (Å²) in [5, 5.41) is 4.30. The molecule has 0 N–H and O–H groups in total. The molecule has 8 heteroatoms. The summed E-state index contributed by atoms with van der Waals surface area (Å²) in [6, 6.07) is 0. The Hall–Kier alpha value is -1.80. The molecule has 0 radical (unpaired) electrons. The molecular formula is C10H8N2O4S2. The molecule has 18 heavy (non-hydrogen) atoms. The van der Waals surface area contributed by atoms with Gasteiger partial charge in [-0.15, -0.1) is 22.7 Å². The van der Waals surface area contributed by atoms with Crippen LogP contribution in [0, 0.1) is 0 Å². The van der Waals surface area contributed by atoms with E-state index in [-0.39, 0.29) is 11.4 Å². The normalized spacial score (nSPS) is 10.1. The van der Waals surface area contributed by atoms with Crippen molar-refractivity contribution in [2.45, 2.75) is 0 Å². The van der Waals surface area contributed by atoms with Crippen molar-refractivity contribution < 1.29 is 19.1 Å². The highest BCUT2D eigenvalue weighted by molar-refractivity contribution is 7.19. The SMILES string of the molecule is COC(=O)c1csc(-c2nc(C(=O)OC)cs2)n1. The number of nitrogens with zero attached hydrogens (tertiary/aromatic N) is 2. The Morgan fingerprint density at radius 2 is 1.33 bits per heavy atom. The van der Waals surface area contributed by atoms with Gasteiger partial charge in [-0.1, -0.05) is 0 Å². The molecule has 0 unspecified atom stereocenters. The van der Waals surface area contributed by atoms with Gasteiger partial charge in [-0.05, 0) is 0 Å². The zero-order chi connectivity index (χ0) is 13.1. The fraction of sp³-hybridized carbons (Fsp3) is 0.200. The lowest BCUT2D eigenvalue weighted by Crippen LogP contribution is -2.01. The number of ether oxygens (including phenoxy) is 2. The van der Waals surface area contributed by atoms with Gasteiger partial charge in [-0.2, -0.15) is 0 Å². The number of esters is 2. The second kappa shape index (κ2) is 5.23. The summed E-state index contributed by atoms with van der Waals surface area (Å²) in [5.74, 6) is -0.996. The van der Waals surface area contributed by atoms with Crippen LogP contribution in [-0.2, 0) is 9.47 Å². The van der Waals surface area contributed by atoms with Crippen LogP contribution in [0.2, 0.25) is 0 Å². The van der Waals surface area contributed by atoms with E-state index in [1.54, 1.807) is 10.8 Å². The Balaban J connectivity index is 2.26. The number of carbonyl (C=O) groups excluding carboxylic acids is 2. The minimum atomic E-state index is -0.498. The lowest BCUT2D eigenvalue weighted by Gasteiger charge is -1.92. The molecule has 0 aliphatic heterocycles. The van der Waals surface area contributed by atoms with Crippen LogP contribution in [0.5, 0.6) is 0 Å². The van der Waals surface area contributed by atoms with E-state index in [0.717, 1.165) is 0 Å². The van der Waals surface area contributed by atoms with Gasteiger partial charge in [0.1, 0.15) is 0 Å². The number of hydrogen-bond acceptors (Lipinski definition) is 8. The van der Waals surface area contributed by atoms with Crippen LogP contribution in [-0.4, -0.2) is 36.1 Å². The molecule has 0 saturated carbocycles. The Morgan fingerprint density at radius 1 is 0.944 bits per heavy atom. The first-order chi connectivity index (χ1) is 8.65. The fourth-order valence-electron chi connectivity index (χ4n) is 1.14. The maximum absolute atomic E-state index is 11.2.